The molecule has 1 aliphatic heterocycles. The summed E-state index contributed by atoms with van der Waals surface area (Å²) in [4.78, 5) is 30.0. The Labute approximate surface area is 171 Å². The van der Waals surface area contributed by atoms with E-state index in [-0.39, 0.29) is 24.0 Å². The summed E-state index contributed by atoms with van der Waals surface area (Å²) < 4.78 is 10.1. The van der Waals surface area contributed by atoms with Gasteiger partial charge in [0.05, 0.1) is 29.9 Å². The van der Waals surface area contributed by atoms with Gasteiger partial charge < -0.3 is 9.30 Å². The molecule has 28 heavy (non-hydrogen) atoms. The molecule has 3 heterocycles. The van der Waals surface area contributed by atoms with Crippen molar-refractivity contribution in [3.8, 4) is 0 Å². The summed E-state index contributed by atoms with van der Waals surface area (Å²) in [5.74, 6) is -0.0927. The molecule has 146 valence electrons. The molecule has 0 N–H and O–H groups in total. The molecule has 1 saturated heterocycles. The van der Waals surface area contributed by atoms with Crippen molar-refractivity contribution >= 4 is 32.6 Å². The van der Waals surface area contributed by atoms with Crippen molar-refractivity contribution in [2.24, 2.45) is 0 Å². The number of hydrogen-bond donors (Lipinski definition) is 0. The van der Waals surface area contributed by atoms with Crippen molar-refractivity contribution in [3.05, 3.63) is 62.4 Å². The number of ketones is 1. The molecule has 1 fully saturated rings. The summed E-state index contributed by atoms with van der Waals surface area (Å²) in [7, 11) is 0. The molecule has 2 aromatic heterocycles. The van der Waals surface area contributed by atoms with E-state index in [2.05, 4.69) is 25.5 Å². The number of fused-ring (bicyclic) bond motifs is 1. The smallest absolute Gasteiger partial charge is 0.261 e. The lowest BCUT2D eigenvalue weighted by atomic mass is 10.1. The van der Waals surface area contributed by atoms with Gasteiger partial charge in [0.2, 0.25) is 0 Å². The van der Waals surface area contributed by atoms with Crippen molar-refractivity contribution in [2.75, 3.05) is 6.61 Å². The van der Waals surface area contributed by atoms with E-state index in [1.54, 1.807) is 12.1 Å². The Morgan fingerprint density at radius 3 is 2.89 bits per heavy atom. The fourth-order valence-electron chi connectivity index (χ4n) is 3.84. The molecule has 1 aromatic carbocycles. The van der Waals surface area contributed by atoms with Crippen LogP contribution in [0.4, 0.5) is 0 Å². The minimum atomic E-state index is -0.215. The van der Waals surface area contributed by atoms with E-state index < -0.39 is 0 Å². The molecule has 0 saturated carbocycles. The first-order chi connectivity index (χ1) is 13.4. The summed E-state index contributed by atoms with van der Waals surface area (Å²) in [6.45, 7) is 5.49. The Morgan fingerprint density at radius 1 is 1.32 bits per heavy atom. The van der Waals surface area contributed by atoms with Gasteiger partial charge in [-0.2, -0.15) is 0 Å². The largest absolute Gasteiger partial charge is 0.376 e. The maximum Gasteiger partial charge on any atom is 0.261 e. The van der Waals surface area contributed by atoms with Gasteiger partial charge in [0, 0.05) is 34.6 Å². The predicted octanol–water partition coefficient (Wildman–Crippen LogP) is 3.64. The van der Waals surface area contributed by atoms with E-state index in [4.69, 9.17) is 4.74 Å². The summed E-state index contributed by atoms with van der Waals surface area (Å²) in [5.41, 5.74) is 3.00. The highest BCUT2D eigenvalue weighted by Gasteiger charge is 2.21. The van der Waals surface area contributed by atoms with Crippen LogP contribution in [0.15, 0.2) is 39.9 Å². The molecule has 1 atom stereocenters. The van der Waals surface area contributed by atoms with E-state index in [1.807, 2.05) is 26.0 Å². The lowest BCUT2D eigenvalue weighted by Gasteiger charge is -2.15. The Kier molecular flexibility index (Phi) is 5.21. The van der Waals surface area contributed by atoms with Gasteiger partial charge in [-0.25, -0.2) is 4.98 Å². The lowest BCUT2D eigenvalue weighted by molar-refractivity contribution is 0.0948. The fraction of sp³-hybridized carbons (Fsp3) is 0.381. The number of halogens is 1. The Bertz CT molecular complexity index is 1110. The van der Waals surface area contributed by atoms with Crippen LogP contribution < -0.4 is 5.56 Å². The first-order valence-corrected chi connectivity index (χ1v) is 10.2. The third kappa shape index (κ3) is 3.56. The zero-order valence-corrected chi connectivity index (χ0v) is 17.5. The molecule has 0 spiro atoms. The first kappa shape index (κ1) is 19.1. The van der Waals surface area contributed by atoms with Crippen molar-refractivity contribution in [1.29, 1.82) is 0 Å². The summed E-state index contributed by atoms with van der Waals surface area (Å²) in [6, 6.07) is 7.26. The number of hydrogen-bond acceptors (Lipinski definition) is 4. The highest BCUT2D eigenvalue weighted by Crippen LogP contribution is 2.21. The zero-order chi connectivity index (χ0) is 19.8. The maximum absolute atomic E-state index is 13.0. The molecule has 4 rings (SSSR count). The summed E-state index contributed by atoms with van der Waals surface area (Å²) >= 11 is 3.38. The second-order valence-electron chi connectivity index (χ2n) is 7.29. The van der Waals surface area contributed by atoms with E-state index in [1.165, 1.54) is 10.9 Å². The van der Waals surface area contributed by atoms with Gasteiger partial charge in [-0.1, -0.05) is 15.9 Å². The Hall–Kier alpha value is -2.25. The van der Waals surface area contributed by atoms with E-state index in [0.29, 0.717) is 16.5 Å². The van der Waals surface area contributed by atoms with Gasteiger partial charge in [0.1, 0.15) is 0 Å². The van der Waals surface area contributed by atoms with Crippen LogP contribution in [0.5, 0.6) is 0 Å². The Balaban J connectivity index is 1.61. The number of rotatable bonds is 5. The van der Waals surface area contributed by atoms with Gasteiger partial charge in [-0.3, -0.25) is 14.2 Å². The molecule has 0 radical (unpaired) electrons. The molecular weight excluding hydrogens is 422 g/mol. The second kappa shape index (κ2) is 7.64. The fourth-order valence-corrected chi connectivity index (χ4v) is 4.20. The first-order valence-electron chi connectivity index (χ1n) is 9.40. The van der Waals surface area contributed by atoms with Crippen LogP contribution in [0.2, 0.25) is 0 Å². The number of carbonyl (C=O) groups is 1. The number of carbonyl (C=O) groups excluding carboxylic acids is 1. The number of nitrogens with zero attached hydrogens (tertiary/aromatic N) is 3. The monoisotopic (exact) mass is 443 g/mol. The lowest BCUT2D eigenvalue weighted by Crippen LogP contribution is -2.25. The highest BCUT2D eigenvalue weighted by molar-refractivity contribution is 9.10. The van der Waals surface area contributed by atoms with Crippen LogP contribution >= 0.6 is 15.9 Å². The second-order valence-corrected chi connectivity index (χ2v) is 8.21. The molecule has 7 heteroatoms. The normalized spacial score (nSPS) is 16.8. The predicted molar refractivity (Wildman–Crippen MR) is 111 cm³/mol. The molecular formula is C21H22BrN3O3. The van der Waals surface area contributed by atoms with E-state index >= 15 is 0 Å². The van der Waals surface area contributed by atoms with Crippen LogP contribution in [0.1, 0.15) is 34.6 Å². The van der Waals surface area contributed by atoms with Gasteiger partial charge in [-0.15, -0.1) is 0 Å². The van der Waals surface area contributed by atoms with Gasteiger partial charge in [0.25, 0.3) is 5.56 Å². The average Bonchev–Trinajstić information content (AvgIpc) is 3.28. The Morgan fingerprint density at radius 2 is 2.14 bits per heavy atom. The molecule has 6 nitrogen and oxygen atoms in total. The maximum atomic E-state index is 13.0. The molecule has 0 aliphatic carbocycles. The number of benzene rings is 1. The van der Waals surface area contributed by atoms with Crippen LogP contribution in [0, 0.1) is 13.8 Å². The van der Waals surface area contributed by atoms with Crippen LogP contribution in [0.3, 0.4) is 0 Å². The van der Waals surface area contributed by atoms with Gasteiger partial charge in [-0.05, 0) is 51.0 Å². The quantitative estimate of drug-likeness (QED) is 0.564. The number of aromatic nitrogens is 3. The van der Waals surface area contributed by atoms with Crippen LogP contribution in [-0.4, -0.2) is 32.6 Å². The van der Waals surface area contributed by atoms with E-state index in [0.717, 1.165) is 41.9 Å². The number of ether oxygens (including phenoxy) is 1. The van der Waals surface area contributed by atoms with Crippen molar-refractivity contribution in [3.63, 3.8) is 0 Å². The minimum absolute atomic E-state index is 0.0293. The molecule has 1 aliphatic rings. The SMILES string of the molecule is Cc1cc(C(=O)Cn2cnc3ccc(Br)cc3c2=O)c(C)n1CC1CCCO1. The molecule has 0 bridgehead atoms. The third-order valence-corrected chi connectivity index (χ3v) is 5.88. The van der Waals surface area contributed by atoms with Crippen molar-refractivity contribution in [1.82, 2.24) is 14.1 Å². The molecule has 0 amide bonds. The average molecular weight is 444 g/mol. The number of aryl methyl sites for hydroxylation is 1. The number of Topliss-reactive ketones (excluding diaryl/α,β-unsaturated/α-hetero) is 1. The van der Waals surface area contributed by atoms with Gasteiger partial charge >= 0.3 is 0 Å². The highest BCUT2D eigenvalue weighted by atomic mass is 79.9. The zero-order valence-electron chi connectivity index (χ0n) is 15.9. The summed E-state index contributed by atoms with van der Waals surface area (Å²) in [6.07, 6.45) is 3.79. The standard InChI is InChI=1S/C21H22BrN3O3/c1-13-8-17(14(2)25(13)10-16-4-3-7-28-16)20(26)11-24-12-23-19-6-5-15(22)9-18(19)21(24)27/h5-6,8-9,12,16H,3-4,7,10-11H2,1-2H3. The van der Waals surface area contributed by atoms with Crippen LogP contribution in [-0.2, 0) is 17.8 Å². The topological polar surface area (TPSA) is 66.1 Å². The molecule has 1 unspecified atom stereocenters. The van der Waals surface area contributed by atoms with Crippen LogP contribution in [0.25, 0.3) is 10.9 Å². The van der Waals surface area contributed by atoms with Crippen molar-refractivity contribution in [2.45, 2.75) is 45.9 Å². The van der Waals surface area contributed by atoms with Gasteiger partial charge in [0.15, 0.2) is 5.78 Å². The molecule has 3 aromatic rings. The summed E-state index contributed by atoms with van der Waals surface area (Å²) in [5, 5.41) is 0.494. The van der Waals surface area contributed by atoms with E-state index in [9.17, 15) is 9.59 Å². The third-order valence-electron chi connectivity index (χ3n) is 5.38. The minimum Gasteiger partial charge on any atom is -0.376 e. The van der Waals surface area contributed by atoms with Crippen molar-refractivity contribution < 1.29 is 9.53 Å².